The molecule has 0 radical (unpaired) electrons. The van der Waals surface area contributed by atoms with E-state index in [0.29, 0.717) is 17.5 Å². The van der Waals surface area contributed by atoms with Crippen LogP contribution in [-0.2, 0) is 9.53 Å². The summed E-state index contributed by atoms with van der Waals surface area (Å²) in [5.41, 5.74) is 2.81. The van der Waals surface area contributed by atoms with Crippen molar-refractivity contribution in [2.24, 2.45) is 0 Å². The number of hydrogen-bond donors (Lipinski definition) is 1. The summed E-state index contributed by atoms with van der Waals surface area (Å²) in [4.78, 5) is 18.3. The van der Waals surface area contributed by atoms with Gasteiger partial charge in [-0.25, -0.2) is 0 Å². The Balaban J connectivity index is 1.48. The van der Waals surface area contributed by atoms with Gasteiger partial charge in [-0.3, -0.25) is 14.6 Å². The molecule has 6 nitrogen and oxygen atoms in total. The zero-order valence-electron chi connectivity index (χ0n) is 18.5. The Labute approximate surface area is 185 Å². The van der Waals surface area contributed by atoms with Crippen molar-refractivity contribution in [1.82, 2.24) is 9.80 Å². The van der Waals surface area contributed by atoms with Crippen molar-refractivity contribution in [2.75, 3.05) is 51.8 Å². The lowest BCUT2D eigenvalue weighted by Crippen LogP contribution is -2.51. The van der Waals surface area contributed by atoms with Crippen LogP contribution in [0.3, 0.4) is 0 Å². The van der Waals surface area contributed by atoms with Crippen LogP contribution >= 0.6 is 0 Å². The van der Waals surface area contributed by atoms with Crippen LogP contribution in [0.15, 0.2) is 48.5 Å². The van der Waals surface area contributed by atoms with Crippen molar-refractivity contribution in [3.63, 3.8) is 0 Å². The van der Waals surface area contributed by atoms with Crippen molar-refractivity contribution in [3.05, 3.63) is 59.7 Å². The number of nitrogens with one attached hydrogen (secondary N) is 1. The summed E-state index contributed by atoms with van der Waals surface area (Å²) in [6, 6.07) is 15.6. The minimum absolute atomic E-state index is 0.0253. The van der Waals surface area contributed by atoms with Gasteiger partial charge in [0.05, 0.1) is 18.9 Å². The minimum atomic E-state index is -0.337. The Morgan fingerprint density at radius 3 is 2.61 bits per heavy atom. The number of nitrogens with zero attached hydrogens (tertiary/aromatic N) is 2. The number of carbonyl (C=O) groups is 1. The van der Waals surface area contributed by atoms with Gasteiger partial charge >= 0.3 is 0 Å². The molecule has 2 aliphatic rings. The number of amides is 1. The highest BCUT2D eigenvalue weighted by atomic mass is 16.5. The topological polar surface area (TPSA) is 54.0 Å². The van der Waals surface area contributed by atoms with E-state index < -0.39 is 0 Å². The van der Waals surface area contributed by atoms with Crippen LogP contribution in [0.1, 0.15) is 30.0 Å². The van der Waals surface area contributed by atoms with E-state index in [4.69, 9.17) is 9.47 Å². The second-order valence-electron chi connectivity index (χ2n) is 8.48. The molecule has 1 amide bonds. The zero-order chi connectivity index (χ0) is 21.6. The maximum atomic E-state index is 13.5. The number of carbonyl (C=O) groups excluding carboxylic acids is 1. The van der Waals surface area contributed by atoms with Crippen LogP contribution in [0.5, 0.6) is 5.75 Å². The van der Waals surface area contributed by atoms with Gasteiger partial charge in [-0.1, -0.05) is 36.4 Å². The Morgan fingerprint density at radius 2 is 1.94 bits per heavy atom. The van der Waals surface area contributed by atoms with Gasteiger partial charge in [0.1, 0.15) is 11.8 Å². The van der Waals surface area contributed by atoms with Crippen LogP contribution in [-0.4, -0.2) is 68.3 Å². The van der Waals surface area contributed by atoms with Crippen molar-refractivity contribution in [3.8, 4) is 5.75 Å². The third kappa shape index (κ3) is 5.45. The van der Waals surface area contributed by atoms with Crippen molar-refractivity contribution < 1.29 is 14.3 Å². The molecular weight excluding hydrogens is 390 g/mol. The van der Waals surface area contributed by atoms with E-state index >= 15 is 0 Å². The largest absolute Gasteiger partial charge is 0.495 e. The summed E-state index contributed by atoms with van der Waals surface area (Å²) < 4.78 is 11.3. The molecular formula is C25H33N3O3. The van der Waals surface area contributed by atoms with E-state index in [9.17, 15) is 4.79 Å². The van der Waals surface area contributed by atoms with E-state index in [2.05, 4.69) is 15.1 Å². The average Bonchev–Trinajstić information content (AvgIpc) is 3.29. The molecule has 166 valence electrons. The molecule has 2 aromatic rings. The predicted octanol–water partition coefficient (Wildman–Crippen LogP) is 3.48. The highest BCUT2D eigenvalue weighted by molar-refractivity contribution is 5.96. The maximum Gasteiger partial charge on any atom is 0.246 e. The van der Waals surface area contributed by atoms with Crippen molar-refractivity contribution in [1.29, 1.82) is 0 Å². The zero-order valence-corrected chi connectivity index (χ0v) is 18.5. The van der Waals surface area contributed by atoms with E-state index in [1.54, 1.807) is 7.11 Å². The number of hydrogen-bond acceptors (Lipinski definition) is 5. The first-order valence-corrected chi connectivity index (χ1v) is 11.2. The first-order valence-electron chi connectivity index (χ1n) is 11.2. The van der Waals surface area contributed by atoms with E-state index in [-0.39, 0.29) is 11.9 Å². The fraction of sp³-hybridized carbons (Fsp3) is 0.480. The molecule has 0 aliphatic carbocycles. The normalized spacial score (nSPS) is 21.0. The van der Waals surface area contributed by atoms with Gasteiger partial charge in [0, 0.05) is 39.3 Å². The van der Waals surface area contributed by atoms with Crippen LogP contribution in [0, 0.1) is 6.92 Å². The van der Waals surface area contributed by atoms with Crippen LogP contribution in [0.25, 0.3) is 0 Å². The van der Waals surface area contributed by atoms with Gasteiger partial charge in [-0.2, -0.15) is 0 Å². The fourth-order valence-electron chi connectivity index (χ4n) is 4.56. The molecule has 31 heavy (non-hydrogen) atoms. The lowest BCUT2D eigenvalue weighted by molar-refractivity contribution is -0.122. The molecule has 1 N–H and O–H groups in total. The Hall–Kier alpha value is -2.41. The van der Waals surface area contributed by atoms with E-state index in [1.165, 1.54) is 6.42 Å². The van der Waals surface area contributed by atoms with E-state index in [0.717, 1.165) is 56.9 Å². The van der Waals surface area contributed by atoms with Crippen molar-refractivity contribution >= 4 is 11.6 Å². The quantitative estimate of drug-likeness (QED) is 0.739. The maximum absolute atomic E-state index is 13.5. The highest BCUT2D eigenvalue weighted by Gasteiger charge is 2.32. The standard InChI is InChI=1S/C25H33N3O3/c1-19-10-11-23(30-2)22(17-19)26-25(29)24(20-7-4-3-5-8-20)28-14-12-27(13-15-28)18-21-9-6-16-31-21/h3-5,7-8,10-11,17,21,24H,6,9,12-16,18H2,1-2H3,(H,26,29)/t21-,24-/m0/s1. The van der Waals surface area contributed by atoms with Crippen LogP contribution in [0.2, 0.25) is 0 Å². The van der Waals surface area contributed by atoms with Crippen LogP contribution < -0.4 is 10.1 Å². The molecule has 2 fully saturated rings. The molecule has 2 aromatic carbocycles. The second kappa shape index (κ2) is 10.3. The molecule has 2 atom stereocenters. The number of methoxy groups -OCH3 is 1. The molecule has 2 saturated heterocycles. The number of benzene rings is 2. The Kier molecular flexibility index (Phi) is 7.22. The predicted molar refractivity (Wildman–Crippen MR) is 123 cm³/mol. The van der Waals surface area contributed by atoms with Gasteiger partial charge in [-0.05, 0) is 43.0 Å². The summed E-state index contributed by atoms with van der Waals surface area (Å²) in [6.07, 6.45) is 2.70. The molecule has 2 heterocycles. The fourth-order valence-corrected chi connectivity index (χ4v) is 4.56. The Bertz CT molecular complexity index is 860. The highest BCUT2D eigenvalue weighted by Crippen LogP contribution is 2.29. The van der Waals surface area contributed by atoms with E-state index in [1.807, 2.05) is 55.5 Å². The summed E-state index contributed by atoms with van der Waals surface area (Å²) in [5, 5.41) is 3.13. The Morgan fingerprint density at radius 1 is 1.16 bits per heavy atom. The molecule has 0 aromatic heterocycles. The van der Waals surface area contributed by atoms with Crippen LogP contribution in [0.4, 0.5) is 5.69 Å². The summed E-state index contributed by atoms with van der Waals surface area (Å²) in [7, 11) is 1.63. The first kappa shape index (κ1) is 21.8. The SMILES string of the molecule is COc1ccc(C)cc1NC(=O)[C@H](c1ccccc1)N1CCN(C[C@@H]2CCCO2)CC1. The lowest BCUT2D eigenvalue weighted by Gasteiger charge is -2.39. The molecule has 6 heteroatoms. The number of piperazine rings is 1. The van der Waals surface area contributed by atoms with Gasteiger partial charge in [0.2, 0.25) is 5.91 Å². The summed E-state index contributed by atoms with van der Waals surface area (Å²) >= 11 is 0. The summed E-state index contributed by atoms with van der Waals surface area (Å²) in [6.45, 7) is 7.50. The smallest absolute Gasteiger partial charge is 0.246 e. The number of aryl methyl sites for hydroxylation is 1. The van der Waals surface area contributed by atoms with Crippen molar-refractivity contribution in [2.45, 2.75) is 31.9 Å². The molecule has 0 spiro atoms. The van der Waals surface area contributed by atoms with Gasteiger partial charge in [0.15, 0.2) is 0 Å². The monoisotopic (exact) mass is 423 g/mol. The molecule has 0 bridgehead atoms. The molecule has 2 aliphatic heterocycles. The number of rotatable bonds is 7. The molecule has 0 unspecified atom stereocenters. The number of ether oxygens (including phenoxy) is 2. The number of anilines is 1. The third-order valence-electron chi connectivity index (χ3n) is 6.23. The average molecular weight is 424 g/mol. The molecule has 0 saturated carbocycles. The summed E-state index contributed by atoms with van der Waals surface area (Å²) in [5.74, 6) is 0.648. The first-order chi connectivity index (χ1) is 15.1. The van der Waals surface area contributed by atoms with Gasteiger partial charge < -0.3 is 14.8 Å². The third-order valence-corrected chi connectivity index (χ3v) is 6.23. The lowest BCUT2D eigenvalue weighted by atomic mass is 10.0. The van der Waals surface area contributed by atoms with Gasteiger partial charge in [-0.15, -0.1) is 0 Å². The second-order valence-corrected chi connectivity index (χ2v) is 8.48. The van der Waals surface area contributed by atoms with Gasteiger partial charge in [0.25, 0.3) is 0 Å². The minimum Gasteiger partial charge on any atom is -0.495 e. The molecule has 4 rings (SSSR count).